The van der Waals surface area contributed by atoms with Gasteiger partial charge in [-0.1, -0.05) is 5.16 Å². The predicted octanol–water partition coefficient (Wildman–Crippen LogP) is 0.473. The summed E-state index contributed by atoms with van der Waals surface area (Å²) in [5, 5.41) is 10.5. The number of halogens is 3. The quantitative estimate of drug-likeness (QED) is 0.300. The molecule has 1 unspecified atom stereocenters. The van der Waals surface area contributed by atoms with E-state index in [0.717, 1.165) is 0 Å². The van der Waals surface area contributed by atoms with Crippen LogP contribution in [0.4, 0.5) is 13.2 Å². The second-order valence-corrected chi connectivity index (χ2v) is 2.88. The number of alkyl halides is 3. The summed E-state index contributed by atoms with van der Waals surface area (Å²) >= 11 is 0. The van der Waals surface area contributed by atoms with Crippen LogP contribution in [0.1, 0.15) is 0 Å². The molecule has 0 rings (SSSR count). The van der Waals surface area contributed by atoms with Gasteiger partial charge in [0.1, 0.15) is 5.92 Å². The molecule has 0 aliphatic heterocycles. The molecule has 0 radical (unpaired) electrons. The maximum absolute atomic E-state index is 12.2. The lowest BCUT2D eigenvalue weighted by atomic mass is 10.1. The highest BCUT2D eigenvalue weighted by Gasteiger charge is 2.42. The zero-order valence-electron chi connectivity index (χ0n) is 7.34. The van der Waals surface area contributed by atoms with E-state index in [1.165, 1.54) is 19.0 Å². The molecule has 0 bridgehead atoms. The third-order valence-corrected chi connectivity index (χ3v) is 1.42. The second kappa shape index (κ2) is 4.31. The normalized spacial score (nSPS) is 16.3. The van der Waals surface area contributed by atoms with Gasteiger partial charge in [0.25, 0.3) is 0 Å². The fraction of sp³-hybridized carbons (Fsp3) is 0.833. The molecule has 0 aromatic carbocycles. The van der Waals surface area contributed by atoms with Crippen LogP contribution in [-0.4, -0.2) is 42.8 Å². The highest BCUT2D eigenvalue weighted by atomic mass is 19.4. The number of hydrogen-bond acceptors (Lipinski definition) is 3. The van der Waals surface area contributed by atoms with Crippen molar-refractivity contribution in [1.82, 2.24) is 4.90 Å². The van der Waals surface area contributed by atoms with Crippen molar-refractivity contribution in [2.45, 2.75) is 6.18 Å². The highest BCUT2D eigenvalue weighted by Crippen LogP contribution is 2.26. The third-order valence-electron chi connectivity index (χ3n) is 1.42. The van der Waals surface area contributed by atoms with Gasteiger partial charge in [-0.15, -0.1) is 0 Å². The summed E-state index contributed by atoms with van der Waals surface area (Å²) in [6.07, 6.45) is -4.49. The van der Waals surface area contributed by atoms with Crippen LogP contribution in [0.25, 0.3) is 0 Å². The molecule has 7 heteroatoms. The lowest BCUT2D eigenvalue weighted by molar-refractivity contribution is -0.158. The van der Waals surface area contributed by atoms with E-state index in [1.54, 1.807) is 0 Å². The van der Waals surface area contributed by atoms with Gasteiger partial charge in [-0.25, -0.2) is 0 Å². The maximum Gasteiger partial charge on any atom is 0.400 e. The van der Waals surface area contributed by atoms with Crippen molar-refractivity contribution in [2.75, 3.05) is 20.6 Å². The number of amidine groups is 1. The SMILES string of the molecule is CN(C)CC(C(N)=NO)C(F)(F)F. The van der Waals surface area contributed by atoms with Crippen molar-refractivity contribution in [2.24, 2.45) is 16.8 Å². The van der Waals surface area contributed by atoms with Crippen LogP contribution >= 0.6 is 0 Å². The number of nitrogens with zero attached hydrogens (tertiary/aromatic N) is 2. The molecule has 78 valence electrons. The monoisotopic (exact) mass is 199 g/mol. The Labute approximate surface area is 73.8 Å². The lowest BCUT2D eigenvalue weighted by Crippen LogP contribution is -2.42. The molecular weight excluding hydrogens is 187 g/mol. The summed E-state index contributed by atoms with van der Waals surface area (Å²) in [7, 11) is 2.95. The van der Waals surface area contributed by atoms with Crippen LogP contribution in [0.15, 0.2) is 5.16 Å². The first-order valence-electron chi connectivity index (χ1n) is 3.48. The minimum atomic E-state index is -4.49. The van der Waals surface area contributed by atoms with Crippen LogP contribution in [-0.2, 0) is 0 Å². The van der Waals surface area contributed by atoms with E-state index < -0.39 is 17.9 Å². The van der Waals surface area contributed by atoms with Crippen molar-refractivity contribution < 1.29 is 18.4 Å². The average Bonchev–Trinajstić information content (AvgIpc) is 1.96. The molecule has 0 aromatic rings. The zero-order valence-corrected chi connectivity index (χ0v) is 7.34. The van der Waals surface area contributed by atoms with E-state index in [-0.39, 0.29) is 6.54 Å². The molecule has 0 aliphatic rings. The van der Waals surface area contributed by atoms with Crippen molar-refractivity contribution in [3.8, 4) is 0 Å². The van der Waals surface area contributed by atoms with Crippen molar-refractivity contribution >= 4 is 5.84 Å². The van der Waals surface area contributed by atoms with Crippen LogP contribution in [0.5, 0.6) is 0 Å². The second-order valence-electron chi connectivity index (χ2n) is 2.88. The zero-order chi connectivity index (χ0) is 10.6. The van der Waals surface area contributed by atoms with Gasteiger partial charge in [0, 0.05) is 6.54 Å². The Morgan fingerprint density at radius 3 is 2.23 bits per heavy atom. The van der Waals surface area contributed by atoms with E-state index >= 15 is 0 Å². The Morgan fingerprint density at radius 2 is 2.00 bits per heavy atom. The van der Waals surface area contributed by atoms with E-state index in [4.69, 9.17) is 10.9 Å². The van der Waals surface area contributed by atoms with Crippen LogP contribution in [0.3, 0.4) is 0 Å². The van der Waals surface area contributed by atoms with Gasteiger partial charge in [0.15, 0.2) is 5.84 Å². The first kappa shape index (κ1) is 12.0. The molecule has 0 saturated carbocycles. The number of rotatable bonds is 3. The fourth-order valence-corrected chi connectivity index (χ4v) is 0.800. The van der Waals surface area contributed by atoms with E-state index in [2.05, 4.69) is 5.16 Å². The van der Waals surface area contributed by atoms with Gasteiger partial charge in [-0.05, 0) is 14.1 Å². The molecule has 1 atom stereocenters. The van der Waals surface area contributed by atoms with Crippen LogP contribution < -0.4 is 5.73 Å². The van der Waals surface area contributed by atoms with Crippen LogP contribution in [0, 0.1) is 5.92 Å². The molecule has 0 amide bonds. The summed E-state index contributed by atoms with van der Waals surface area (Å²) in [5.74, 6) is -2.74. The third kappa shape index (κ3) is 3.97. The highest BCUT2D eigenvalue weighted by molar-refractivity contribution is 5.83. The van der Waals surface area contributed by atoms with E-state index in [1.807, 2.05) is 0 Å². The molecule has 0 aromatic heterocycles. The van der Waals surface area contributed by atoms with Gasteiger partial charge in [-0.3, -0.25) is 0 Å². The summed E-state index contributed by atoms with van der Waals surface area (Å²) in [6.45, 7) is -0.334. The topological polar surface area (TPSA) is 61.8 Å². The van der Waals surface area contributed by atoms with Crippen molar-refractivity contribution in [3.63, 3.8) is 0 Å². The van der Waals surface area contributed by atoms with Gasteiger partial charge < -0.3 is 15.8 Å². The Bertz CT molecular complexity index is 190. The number of hydrogen-bond donors (Lipinski definition) is 2. The fourth-order valence-electron chi connectivity index (χ4n) is 0.800. The first-order chi connectivity index (χ1) is 5.79. The maximum atomic E-state index is 12.2. The van der Waals surface area contributed by atoms with Crippen molar-refractivity contribution in [3.05, 3.63) is 0 Å². The molecule has 13 heavy (non-hydrogen) atoms. The molecule has 3 N–H and O–H groups in total. The Balaban J connectivity index is 4.57. The summed E-state index contributed by atoms with van der Waals surface area (Å²) in [5.41, 5.74) is 4.90. The van der Waals surface area contributed by atoms with Gasteiger partial charge in [-0.2, -0.15) is 13.2 Å². The predicted molar refractivity (Wildman–Crippen MR) is 41.5 cm³/mol. The molecule has 4 nitrogen and oxygen atoms in total. The first-order valence-corrected chi connectivity index (χ1v) is 3.48. The number of nitrogens with two attached hydrogens (primary N) is 1. The van der Waals surface area contributed by atoms with Gasteiger partial charge >= 0.3 is 6.18 Å². The van der Waals surface area contributed by atoms with E-state index in [9.17, 15) is 13.2 Å². The molecule has 0 spiro atoms. The molecule has 0 fully saturated rings. The van der Waals surface area contributed by atoms with Crippen LogP contribution in [0.2, 0.25) is 0 Å². The largest absolute Gasteiger partial charge is 0.409 e. The standard InChI is InChI=1S/C6H12F3N3O/c1-12(2)3-4(5(10)11-13)6(7,8)9/h4,13H,3H2,1-2H3,(H2,10,11). The van der Waals surface area contributed by atoms with Gasteiger partial charge in [0.2, 0.25) is 0 Å². The minimum absolute atomic E-state index is 0.334. The minimum Gasteiger partial charge on any atom is -0.409 e. The summed E-state index contributed by atoms with van der Waals surface area (Å²) in [6, 6.07) is 0. The Morgan fingerprint density at radius 1 is 1.54 bits per heavy atom. The lowest BCUT2D eigenvalue weighted by Gasteiger charge is -2.21. The van der Waals surface area contributed by atoms with Crippen molar-refractivity contribution in [1.29, 1.82) is 0 Å². The smallest absolute Gasteiger partial charge is 0.400 e. The Kier molecular flexibility index (Phi) is 3.99. The molecular formula is C6H12F3N3O. The molecule has 0 heterocycles. The Hall–Kier alpha value is -0.980. The van der Waals surface area contributed by atoms with E-state index in [0.29, 0.717) is 0 Å². The number of oxime groups is 1. The van der Waals surface area contributed by atoms with Gasteiger partial charge in [0.05, 0.1) is 0 Å². The molecule has 0 aliphatic carbocycles. The molecule has 0 saturated heterocycles. The summed E-state index contributed by atoms with van der Waals surface area (Å²) < 4.78 is 36.7. The summed E-state index contributed by atoms with van der Waals surface area (Å²) in [4.78, 5) is 1.32. The average molecular weight is 199 g/mol.